The van der Waals surface area contributed by atoms with Crippen LogP contribution in [-0.2, 0) is 0 Å². The second-order valence-electron chi connectivity index (χ2n) is 16.5. The molecule has 0 spiro atoms. The number of benzene rings is 10. The predicted octanol–water partition coefficient (Wildman–Crippen LogP) is 14.1. The summed E-state index contributed by atoms with van der Waals surface area (Å²) >= 11 is 0. The van der Waals surface area contributed by atoms with Crippen molar-refractivity contribution in [3.8, 4) is 55.6 Å². The average Bonchev–Trinajstić information content (AvgIpc) is 3.37. The number of hydrogen-bond donors (Lipinski definition) is 0. The van der Waals surface area contributed by atoms with E-state index in [1.807, 2.05) is 0 Å². The van der Waals surface area contributed by atoms with Crippen molar-refractivity contribution in [2.45, 2.75) is 0 Å². The Morgan fingerprint density at radius 1 is 0.238 bits per heavy atom. The lowest BCUT2D eigenvalue weighted by molar-refractivity contribution is 1.25. The molecule has 10 aromatic rings. The first-order valence-electron chi connectivity index (χ1n) is 21.8. The summed E-state index contributed by atoms with van der Waals surface area (Å²) in [5.74, 6) is 0. The smallest absolute Gasteiger partial charge is 0.252 e. The van der Waals surface area contributed by atoms with Gasteiger partial charge in [0.2, 0.25) is 0 Å². The number of hydrogen-bond acceptors (Lipinski definition) is 2. The Labute approximate surface area is 369 Å². The van der Waals surface area contributed by atoms with Gasteiger partial charge < -0.3 is 9.80 Å². The first-order valence-corrected chi connectivity index (χ1v) is 21.8. The predicted molar refractivity (Wildman–Crippen MR) is 268 cm³/mol. The molecule has 0 fully saturated rings. The lowest BCUT2D eigenvalue weighted by Crippen LogP contribution is -2.61. The van der Waals surface area contributed by atoms with Gasteiger partial charge in [-0.2, -0.15) is 0 Å². The summed E-state index contributed by atoms with van der Waals surface area (Å²) in [6, 6.07) is 91.1. The Kier molecular flexibility index (Phi) is 8.97. The lowest BCUT2D eigenvalue weighted by Gasteiger charge is -2.44. The zero-order chi connectivity index (χ0) is 41.7. The molecule has 2 heterocycles. The number of anilines is 6. The maximum absolute atomic E-state index is 2.52. The summed E-state index contributed by atoms with van der Waals surface area (Å²) in [5, 5.41) is 0. The van der Waals surface area contributed by atoms with Crippen LogP contribution in [0.25, 0.3) is 55.6 Å². The molecule has 0 bridgehead atoms. The Morgan fingerprint density at radius 3 is 1.13 bits per heavy atom. The number of nitrogens with zero attached hydrogens (tertiary/aromatic N) is 2. The van der Waals surface area contributed by atoms with Crippen molar-refractivity contribution in [2.24, 2.45) is 0 Å². The van der Waals surface area contributed by atoms with Gasteiger partial charge in [-0.05, 0) is 121 Å². The van der Waals surface area contributed by atoms with Crippen molar-refractivity contribution >= 4 is 57.2 Å². The fourth-order valence-electron chi connectivity index (χ4n) is 9.97. The summed E-state index contributed by atoms with van der Waals surface area (Å²) in [7, 11) is 0. The van der Waals surface area contributed by atoms with Gasteiger partial charge in [0.1, 0.15) is 0 Å². The van der Waals surface area contributed by atoms with Gasteiger partial charge in [-0.25, -0.2) is 0 Å². The summed E-state index contributed by atoms with van der Waals surface area (Å²) in [6.45, 7) is -0.0319. The first kappa shape index (κ1) is 36.7. The van der Waals surface area contributed by atoms with Crippen LogP contribution in [0.15, 0.2) is 249 Å². The highest BCUT2D eigenvalue weighted by Crippen LogP contribution is 2.47. The molecule has 0 aliphatic carbocycles. The summed E-state index contributed by atoms with van der Waals surface area (Å²) in [6.07, 6.45) is 0. The molecule has 2 nitrogen and oxygen atoms in total. The van der Waals surface area contributed by atoms with E-state index < -0.39 is 0 Å². The topological polar surface area (TPSA) is 6.48 Å². The average molecular weight is 801 g/mol. The van der Waals surface area contributed by atoms with Gasteiger partial charge in [0.15, 0.2) is 0 Å². The van der Waals surface area contributed by atoms with Crippen LogP contribution in [0, 0.1) is 0 Å². The molecule has 0 N–H and O–H groups in total. The second kappa shape index (κ2) is 15.4. The Balaban J connectivity index is 1.14. The van der Waals surface area contributed by atoms with Crippen molar-refractivity contribution in [3.63, 3.8) is 0 Å². The third-order valence-electron chi connectivity index (χ3n) is 12.8. The molecule has 0 radical (unpaired) electrons. The Bertz CT molecular complexity index is 3280. The van der Waals surface area contributed by atoms with Crippen LogP contribution in [0.4, 0.5) is 34.1 Å². The van der Waals surface area contributed by atoms with E-state index in [0.717, 1.165) is 11.4 Å². The normalized spacial score (nSPS) is 12.3. The minimum atomic E-state index is -0.0319. The molecule has 12 rings (SSSR count). The largest absolute Gasteiger partial charge is 0.311 e. The van der Waals surface area contributed by atoms with Crippen LogP contribution in [0.5, 0.6) is 0 Å². The minimum Gasteiger partial charge on any atom is -0.311 e. The van der Waals surface area contributed by atoms with Crippen LogP contribution in [0.3, 0.4) is 0 Å². The quantitative estimate of drug-likeness (QED) is 0.148. The monoisotopic (exact) mass is 800 g/mol. The highest BCUT2D eigenvalue weighted by molar-refractivity contribution is 7.00. The SMILES string of the molecule is c1ccc(-c2cccc(N3c4ccc(-c5ccccc5)cc4B4c5cc(-c6ccccc6)ccc5N(c5ccc(-c6ccccc6)c(-c6ccccc6)c5)c5cccc3c54)c2)cc1. The van der Waals surface area contributed by atoms with Gasteiger partial charge in [0.25, 0.3) is 6.71 Å². The summed E-state index contributed by atoms with van der Waals surface area (Å²) in [5.41, 5.74) is 22.9. The molecular weight excluding hydrogens is 759 g/mol. The molecule has 0 atom stereocenters. The summed E-state index contributed by atoms with van der Waals surface area (Å²) in [4.78, 5) is 5.02. The number of rotatable bonds is 7. The van der Waals surface area contributed by atoms with Crippen LogP contribution >= 0.6 is 0 Å². The molecular formula is C60H41BN2. The van der Waals surface area contributed by atoms with E-state index in [2.05, 4.69) is 259 Å². The molecule has 0 amide bonds. The van der Waals surface area contributed by atoms with E-state index in [1.165, 1.54) is 94.8 Å². The second-order valence-corrected chi connectivity index (χ2v) is 16.5. The van der Waals surface area contributed by atoms with Crippen LogP contribution in [0.1, 0.15) is 0 Å². The van der Waals surface area contributed by atoms with Crippen LogP contribution in [-0.4, -0.2) is 6.71 Å². The molecule has 294 valence electrons. The molecule has 0 saturated carbocycles. The molecule has 0 aromatic heterocycles. The molecule has 3 heteroatoms. The molecule has 2 aliphatic heterocycles. The van der Waals surface area contributed by atoms with E-state index in [4.69, 9.17) is 0 Å². The van der Waals surface area contributed by atoms with Gasteiger partial charge >= 0.3 is 0 Å². The van der Waals surface area contributed by atoms with E-state index >= 15 is 0 Å². The van der Waals surface area contributed by atoms with Gasteiger partial charge in [-0.3, -0.25) is 0 Å². The maximum Gasteiger partial charge on any atom is 0.252 e. The third-order valence-corrected chi connectivity index (χ3v) is 12.8. The zero-order valence-electron chi connectivity index (χ0n) is 34.6. The maximum atomic E-state index is 2.52. The van der Waals surface area contributed by atoms with Crippen molar-refractivity contribution in [1.29, 1.82) is 0 Å². The minimum absolute atomic E-state index is 0.0319. The van der Waals surface area contributed by atoms with Gasteiger partial charge in [-0.1, -0.05) is 200 Å². The van der Waals surface area contributed by atoms with Crippen molar-refractivity contribution < 1.29 is 0 Å². The van der Waals surface area contributed by atoms with Crippen molar-refractivity contribution in [3.05, 3.63) is 249 Å². The Morgan fingerprint density at radius 2 is 0.635 bits per heavy atom. The van der Waals surface area contributed by atoms with Gasteiger partial charge in [0.05, 0.1) is 0 Å². The number of fused-ring (bicyclic) bond motifs is 4. The van der Waals surface area contributed by atoms with E-state index in [9.17, 15) is 0 Å². The Hall–Kier alpha value is -8.14. The molecule has 10 aromatic carbocycles. The highest BCUT2D eigenvalue weighted by atomic mass is 15.2. The fraction of sp³-hybridized carbons (Fsp3) is 0. The molecule has 0 saturated heterocycles. The third kappa shape index (κ3) is 6.37. The van der Waals surface area contributed by atoms with Crippen LogP contribution in [0.2, 0.25) is 0 Å². The van der Waals surface area contributed by atoms with Gasteiger partial charge in [-0.15, -0.1) is 0 Å². The molecule has 2 aliphatic rings. The van der Waals surface area contributed by atoms with Crippen molar-refractivity contribution in [1.82, 2.24) is 0 Å². The van der Waals surface area contributed by atoms with E-state index in [1.54, 1.807) is 0 Å². The lowest BCUT2D eigenvalue weighted by atomic mass is 9.33. The fourth-order valence-corrected chi connectivity index (χ4v) is 9.97. The molecule has 0 unspecified atom stereocenters. The van der Waals surface area contributed by atoms with Gasteiger partial charge in [0, 0.05) is 34.1 Å². The van der Waals surface area contributed by atoms with Crippen LogP contribution < -0.4 is 26.2 Å². The summed E-state index contributed by atoms with van der Waals surface area (Å²) < 4.78 is 0. The van der Waals surface area contributed by atoms with E-state index in [0.29, 0.717) is 0 Å². The standard InChI is InChI=1S/C60H41BN2/c1-6-18-42(19-7-1)47-28-16-29-50(38-47)62-56-36-32-48(43-20-8-2-9-21-43)39-54(56)61-55-40-49(44-22-10-3-11-23-44)33-37-57(55)63(59-31-17-30-58(62)60(59)61)51-34-35-52(45-24-12-4-13-25-45)53(41-51)46-26-14-5-15-27-46/h1-41H. The zero-order valence-corrected chi connectivity index (χ0v) is 34.6. The molecule has 63 heavy (non-hydrogen) atoms. The first-order chi connectivity index (χ1) is 31.3. The van der Waals surface area contributed by atoms with Crippen molar-refractivity contribution in [2.75, 3.05) is 9.80 Å². The van der Waals surface area contributed by atoms with E-state index in [-0.39, 0.29) is 6.71 Å². The highest BCUT2D eigenvalue weighted by Gasteiger charge is 2.43.